The molecular weight excluding hydrogens is 364 g/mol. The summed E-state index contributed by atoms with van der Waals surface area (Å²) in [5.41, 5.74) is 6.59. The third-order valence-corrected chi connectivity index (χ3v) is 3.82. The quantitative estimate of drug-likeness (QED) is 0.599. The third kappa shape index (κ3) is 5.19. The van der Waals surface area contributed by atoms with E-state index in [-0.39, 0.29) is 19.4 Å². The van der Waals surface area contributed by atoms with Crippen LogP contribution in [0.5, 0.6) is 5.75 Å². The highest BCUT2D eigenvalue weighted by atomic mass is 16.5. The summed E-state index contributed by atoms with van der Waals surface area (Å²) in [7, 11) is 0. The van der Waals surface area contributed by atoms with Gasteiger partial charge in [-0.05, 0) is 43.2 Å². The lowest BCUT2D eigenvalue weighted by Crippen LogP contribution is -2.43. The monoisotopic (exact) mass is 384 g/mol. The van der Waals surface area contributed by atoms with Crippen molar-refractivity contribution in [2.24, 2.45) is 0 Å². The van der Waals surface area contributed by atoms with Crippen molar-refractivity contribution in [3.8, 4) is 17.3 Å². The minimum Gasteiger partial charge on any atom is -0.483 e. The highest BCUT2D eigenvalue weighted by molar-refractivity contribution is 5.82. The maximum Gasteiger partial charge on any atom is 0.276 e. The Hall–Kier alpha value is -3.62. The van der Waals surface area contributed by atoms with Gasteiger partial charge in [-0.3, -0.25) is 20.4 Å². The first-order valence-corrected chi connectivity index (χ1v) is 8.65. The molecule has 2 heterocycles. The zero-order valence-corrected chi connectivity index (χ0v) is 15.5. The highest BCUT2D eigenvalue weighted by Gasteiger charge is 2.13. The van der Waals surface area contributed by atoms with Gasteiger partial charge in [0.2, 0.25) is 17.6 Å². The summed E-state index contributed by atoms with van der Waals surface area (Å²) < 4.78 is 15.7. The number of carbonyl (C=O) groups excluding carboxylic acids is 2. The number of benzene rings is 1. The van der Waals surface area contributed by atoms with Gasteiger partial charge in [-0.15, -0.1) is 0 Å². The Morgan fingerprint density at radius 1 is 1.14 bits per heavy atom. The van der Waals surface area contributed by atoms with Crippen LogP contribution in [-0.4, -0.2) is 28.6 Å². The molecule has 0 spiro atoms. The zero-order valence-electron chi connectivity index (χ0n) is 15.5. The fourth-order valence-corrected chi connectivity index (χ4v) is 2.33. The Bertz CT molecular complexity index is 949. The Morgan fingerprint density at radius 3 is 2.75 bits per heavy atom. The number of furan rings is 1. The standard InChI is InChI=1S/C19H20N4O5/c1-12-5-6-13(2)15(10-12)27-11-17(25)22-21-16(24)7-8-18-20-19(23-28-18)14-4-3-9-26-14/h3-6,9-10H,7-8,11H2,1-2H3,(H,21,24)(H,22,25). The van der Waals surface area contributed by atoms with E-state index in [0.29, 0.717) is 23.2 Å². The van der Waals surface area contributed by atoms with Gasteiger partial charge in [0.15, 0.2) is 12.4 Å². The molecule has 2 N–H and O–H groups in total. The fourth-order valence-electron chi connectivity index (χ4n) is 2.33. The van der Waals surface area contributed by atoms with Crippen LogP contribution in [0.1, 0.15) is 23.4 Å². The molecule has 0 aliphatic heterocycles. The Kier molecular flexibility index (Phi) is 6.05. The van der Waals surface area contributed by atoms with E-state index >= 15 is 0 Å². The van der Waals surface area contributed by atoms with E-state index in [1.165, 1.54) is 6.26 Å². The number of rotatable bonds is 7. The fraction of sp³-hybridized carbons (Fsp3) is 0.263. The molecule has 3 aromatic rings. The van der Waals surface area contributed by atoms with Crippen molar-refractivity contribution >= 4 is 11.8 Å². The largest absolute Gasteiger partial charge is 0.483 e. The van der Waals surface area contributed by atoms with Crippen LogP contribution in [0.25, 0.3) is 11.6 Å². The van der Waals surface area contributed by atoms with E-state index in [4.69, 9.17) is 13.7 Å². The first-order chi connectivity index (χ1) is 13.5. The molecule has 0 saturated carbocycles. The van der Waals surface area contributed by atoms with Crippen molar-refractivity contribution in [2.75, 3.05) is 6.61 Å². The van der Waals surface area contributed by atoms with Gasteiger partial charge in [0.05, 0.1) is 6.26 Å². The van der Waals surface area contributed by atoms with Crippen molar-refractivity contribution in [1.82, 2.24) is 21.0 Å². The molecule has 0 unspecified atom stereocenters. The maximum absolute atomic E-state index is 11.9. The normalized spacial score (nSPS) is 10.5. The van der Waals surface area contributed by atoms with Crippen LogP contribution >= 0.6 is 0 Å². The van der Waals surface area contributed by atoms with E-state index in [1.807, 2.05) is 32.0 Å². The van der Waals surface area contributed by atoms with E-state index < -0.39 is 11.8 Å². The van der Waals surface area contributed by atoms with Crippen molar-refractivity contribution in [1.29, 1.82) is 0 Å². The number of ether oxygens (including phenoxy) is 1. The number of hydrazine groups is 1. The minimum absolute atomic E-state index is 0.0674. The lowest BCUT2D eigenvalue weighted by molar-refractivity contribution is -0.130. The number of amides is 2. The lowest BCUT2D eigenvalue weighted by atomic mass is 10.1. The summed E-state index contributed by atoms with van der Waals surface area (Å²) in [6, 6.07) is 9.15. The number of aromatic nitrogens is 2. The molecule has 0 radical (unpaired) electrons. The van der Waals surface area contributed by atoms with Crippen LogP contribution in [0.4, 0.5) is 0 Å². The van der Waals surface area contributed by atoms with Crippen molar-refractivity contribution in [3.05, 3.63) is 53.6 Å². The summed E-state index contributed by atoms with van der Waals surface area (Å²) in [5.74, 6) is 0.870. The van der Waals surface area contributed by atoms with Crippen molar-refractivity contribution < 1.29 is 23.3 Å². The number of hydrogen-bond acceptors (Lipinski definition) is 7. The second-order valence-electron chi connectivity index (χ2n) is 6.14. The van der Waals surface area contributed by atoms with Gasteiger partial charge in [-0.2, -0.15) is 4.98 Å². The van der Waals surface area contributed by atoms with E-state index in [2.05, 4.69) is 21.0 Å². The van der Waals surface area contributed by atoms with Crippen molar-refractivity contribution in [3.63, 3.8) is 0 Å². The topological polar surface area (TPSA) is 119 Å². The molecule has 0 aliphatic rings. The molecule has 3 rings (SSSR count). The SMILES string of the molecule is Cc1ccc(C)c(OCC(=O)NNC(=O)CCc2nc(-c3ccco3)no2)c1. The molecule has 1 aromatic carbocycles. The average molecular weight is 384 g/mol. The molecule has 146 valence electrons. The summed E-state index contributed by atoms with van der Waals surface area (Å²) in [6.45, 7) is 3.62. The van der Waals surface area contributed by atoms with Gasteiger partial charge in [0, 0.05) is 12.8 Å². The Balaban J connectivity index is 1.38. The summed E-state index contributed by atoms with van der Waals surface area (Å²) in [5, 5.41) is 3.78. The molecule has 9 nitrogen and oxygen atoms in total. The first kappa shape index (κ1) is 19.2. The van der Waals surface area contributed by atoms with Gasteiger partial charge in [-0.1, -0.05) is 17.3 Å². The van der Waals surface area contributed by atoms with E-state index in [0.717, 1.165) is 11.1 Å². The molecular formula is C19H20N4O5. The van der Waals surface area contributed by atoms with Crippen molar-refractivity contribution in [2.45, 2.75) is 26.7 Å². The highest BCUT2D eigenvalue weighted by Crippen LogP contribution is 2.19. The Labute approximate surface area is 161 Å². The van der Waals surface area contributed by atoms with Crippen LogP contribution in [0.15, 0.2) is 45.5 Å². The summed E-state index contributed by atoms with van der Waals surface area (Å²) in [4.78, 5) is 27.8. The van der Waals surface area contributed by atoms with Crippen LogP contribution in [-0.2, 0) is 16.0 Å². The number of nitrogens with one attached hydrogen (secondary N) is 2. The van der Waals surface area contributed by atoms with E-state index in [9.17, 15) is 9.59 Å². The second-order valence-corrected chi connectivity index (χ2v) is 6.14. The molecule has 0 atom stereocenters. The van der Waals surface area contributed by atoms with Gasteiger partial charge >= 0.3 is 0 Å². The number of hydrogen-bond donors (Lipinski definition) is 2. The summed E-state index contributed by atoms with van der Waals surface area (Å²) in [6.07, 6.45) is 1.80. The average Bonchev–Trinajstić information content (AvgIpc) is 3.37. The van der Waals surface area contributed by atoms with Gasteiger partial charge < -0.3 is 13.7 Å². The summed E-state index contributed by atoms with van der Waals surface area (Å²) >= 11 is 0. The molecule has 0 bridgehead atoms. The molecule has 0 aliphatic carbocycles. The predicted molar refractivity (Wildman–Crippen MR) is 98.0 cm³/mol. The van der Waals surface area contributed by atoms with Crippen LogP contribution < -0.4 is 15.6 Å². The zero-order chi connectivity index (χ0) is 19.9. The molecule has 2 aromatic heterocycles. The lowest BCUT2D eigenvalue weighted by Gasteiger charge is -2.10. The molecule has 9 heteroatoms. The molecule has 0 saturated heterocycles. The first-order valence-electron chi connectivity index (χ1n) is 8.65. The minimum atomic E-state index is -0.466. The van der Waals surface area contributed by atoms with Gasteiger partial charge in [0.25, 0.3) is 5.91 Å². The van der Waals surface area contributed by atoms with Gasteiger partial charge in [0.1, 0.15) is 5.75 Å². The smallest absolute Gasteiger partial charge is 0.276 e. The number of carbonyl (C=O) groups is 2. The molecule has 28 heavy (non-hydrogen) atoms. The van der Waals surface area contributed by atoms with E-state index in [1.54, 1.807) is 12.1 Å². The van der Waals surface area contributed by atoms with Crippen LogP contribution in [0.2, 0.25) is 0 Å². The second kappa shape index (κ2) is 8.85. The third-order valence-electron chi connectivity index (χ3n) is 3.82. The van der Waals surface area contributed by atoms with Gasteiger partial charge in [-0.25, -0.2) is 0 Å². The molecule has 0 fully saturated rings. The van der Waals surface area contributed by atoms with Crippen LogP contribution in [0.3, 0.4) is 0 Å². The number of aryl methyl sites for hydroxylation is 3. The van der Waals surface area contributed by atoms with Crippen LogP contribution in [0, 0.1) is 13.8 Å². The Morgan fingerprint density at radius 2 is 1.96 bits per heavy atom. The maximum atomic E-state index is 11.9. The number of nitrogens with zero attached hydrogens (tertiary/aromatic N) is 2. The predicted octanol–water partition coefficient (Wildman–Crippen LogP) is 2.11. The molecule has 2 amide bonds.